The van der Waals surface area contributed by atoms with E-state index in [0.29, 0.717) is 12.3 Å². The maximum absolute atomic E-state index is 13.9. The molecule has 0 radical (unpaired) electrons. The number of benzene rings is 3. The minimum Gasteiger partial charge on any atom is -0.346 e. The van der Waals surface area contributed by atoms with Crippen molar-refractivity contribution in [2.45, 2.75) is 21.6 Å². The summed E-state index contributed by atoms with van der Waals surface area (Å²) < 4.78 is 51.4. The van der Waals surface area contributed by atoms with E-state index >= 15 is 0 Å². The number of carbonyl (C=O) groups excluding carboxylic acids is 1. The van der Waals surface area contributed by atoms with Crippen molar-refractivity contribution in [1.29, 1.82) is 0 Å². The van der Waals surface area contributed by atoms with Crippen LogP contribution in [0.15, 0.2) is 89.8 Å². The number of sulfonamides is 1. The molecular weight excluding hydrogens is 531 g/mol. The van der Waals surface area contributed by atoms with Gasteiger partial charge in [-0.15, -0.1) is 11.8 Å². The van der Waals surface area contributed by atoms with Crippen LogP contribution in [0.4, 0.5) is 0 Å². The van der Waals surface area contributed by atoms with E-state index in [4.69, 9.17) is 0 Å². The standard InChI is InChI=1S/C26H29N3O5S3/c1-36(31,32)28-17-16-24(22-10-6-3-7-11-22)29-25(30)26(27-18-19-35-26)37(33,34)23-14-12-21(13-15-23)20-8-4-2-5-9-20/h2-15,24,27-28H,16-19H2,1H3,(H,29,30). The molecule has 11 heteroatoms. The van der Waals surface area contributed by atoms with Crippen molar-refractivity contribution in [3.05, 3.63) is 90.5 Å². The van der Waals surface area contributed by atoms with Crippen molar-refractivity contribution in [3.8, 4) is 11.1 Å². The molecule has 1 aliphatic rings. The van der Waals surface area contributed by atoms with Crippen LogP contribution in [0.3, 0.4) is 0 Å². The molecule has 1 fully saturated rings. The zero-order chi connectivity index (χ0) is 26.5. The normalized spacial score (nSPS) is 18.8. The number of rotatable bonds is 10. The SMILES string of the molecule is CS(=O)(=O)NCCC(NC(=O)C1(S(=O)(=O)c2ccc(-c3ccccc3)cc2)NCCS1)c1ccccc1. The third-order valence-electron chi connectivity index (χ3n) is 6.02. The molecule has 196 valence electrons. The van der Waals surface area contributed by atoms with Gasteiger partial charge in [0.2, 0.25) is 19.9 Å². The first kappa shape index (κ1) is 27.3. The second-order valence-corrected chi connectivity index (χ2v) is 14.2. The lowest BCUT2D eigenvalue weighted by Gasteiger charge is -2.30. The Morgan fingerprint density at radius 1 is 0.919 bits per heavy atom. The Balaban J connectivity index is 1.61. The molecule has 37 heavy (non-hydrogen) atoms. The van der Waals surface area contributed by atoms with Crippen LogP contribution in [-0.4, -0.2) is 52.0 Å². The van der Waals surface area contributed by atoms with E-state index in [1.807, 2.05) is 60.7 Å². The fourth-order valence-corrected chi connectivity index (χ4v) is 8.13. The number of nitrogens with one attached hydrogen (secondary N) is 3. The van der Waals surface area contributed by atoms with Gasteiger partial charge >= 0.3 is 0 Å². The van der Waals surface area contributed by atoms with Gasteiger partial charge in [0.1, 0.15) is 0 Å². The van der Waals surface area contributed by atoms with Gasteiger partial charge in [0.05, 0.1) is 17.2 Å². The lowest BCUT2D eigenvalue weighted by Crippen LogP contribution is -2.57. The second kappa shape index (κ2) is 11.4. The zero-order valence-electron chi connectivity index (χ0n) is 20.3. The van der Waals surface area contributed by atoms with E-state index in [9.17, 15) is 21.6 Å². The molecule has 2 unspecified atom stereocenters. The van der Waals surface area contributed by atoms with E-state index in [-0.39, 0.29) is 17.9 Å². The van der Waals surface area contributed by atoms with Crippen LogP contribution >= 0.6 is 11.8 Å². The largest absolute Gasteiger partial charge is 0.346 e. The van der Waals surface area contributed by atoms with Crippen LogP contribution in [0.25, 0.3) is 11.1 Å². The van der Waals surface area contributed by atoms with Crippen LogP contribution in [-0.2, 0) is 24.7 Å². The van der Waals surface area contributed by atoms with E-state index < -0.39 is 36.0 Å². The molecule has 8 nitrogen and oxygen atoms in total. The Bertz CT molecular complexity index is 1420. The van der Waals surface area contributed by atoms with Crippen LogP contribution < -0.4 is 15.4 Å². The maximum atomic E-state index is 13.9. The lowest BCUT2D eigenvalue weighted by molar-refractivity contribution is -0.122. The average Bonchev–Trinajstić information content (AvgIpc) is 3.41. The van der Waals surface area contributed by atoms with Crippen LogP contribution in [0.1, 0.15) is 18.0 Å². The zero-order valence-corrected chi connectivity index (χ0v) is 22.7. The summed E-state index contributed by atoms with van der Waals surface area (Å²) in [4.78, 5) is 13.7. The molecule has 1 amide bonds. The van der Waals surface area contributed by atoms with Gasteiger partial charge in [-0.05, 0) is 35.2 Å². The lowest BCUT2D eigenvalue weighted by atomic mass is 10.0. The predicted octanol–water partition coefficient (Wildman–Crippen LogP) is 2.91. The fourth-order valence-electron chi connectivity index (χ4n) is 4.17. The Morgan fingerprint density at radius 3 is 2.08 bits per heavy atom. The van der Waals surface area contributed by atoms with Crippen molar-refractivity contribution in [2.24, 2.45) is 0 Å². The van der Waals surface area contributed by atoms with Gasteiger partial charge in [-0.2, -0.15) is 0 Å². The summed E-state index contributed by atoms with van der Waals surface area (Å²) in [7, 11) is -7.56. The highest BCUT2D eigenvalue weighted by atomic mass is 32.3. The number of carbonyl (C=O) groups is 1. The number of thioether (sulfide) groups is 1. The molecule has 0 bridgehead atoms. The third kappa shape index (κ3) is 6.24. The van der Waals surface area contributed by atoms with Crippen LogP contribution in [0.5, 0.6) is 0 Å². The van der Waals surface area contributed by atoms with Crippen molar-refractivity contribution in [3.63, 3.8) is 0 Å². The molecular formula is C26H29N3O5S3. The van der Waals surface area contributed by atoms with Gasteiger partial charge in [0.15, 0.2) is 0 Å². The molecule has 0 spiro atoms. The van der Waals surface area contributed by atoms with Crippen LogP contribution in [0, 0.1) is 0 Å². The second-order valence-electron chi connectivity index (χ2n) is 8.68. The van der Waals surface area contributed by atoms with Crippen molar-refractivity contribution in [2.75, 3.05) is 25.1 Å². The molecule has 3 N–H and O–H groups in total. The summed E-state index contributed by atoms with van der Waals surface area (Å²) in [5, 5.41) is 5.82. The minimum absolute atomic E-state index is 0.0410. The van der Waals surface area contributed by atoms with Crippen molar-refractivity contribution < 1.29 is 21.6 Å². The van der Waals surface area contributed by atoms with Gasteiger partial charge in [-0.3, -0.25) is 10.1 Å². The molecule has 0 aromatic heterocycles. The summed E-state index contributed by atoms with van der Waals surface area (Å²) in [5.41, 5.74) is 2.57. The predicted molar refractivity (Wildman–Crippen MR) is 147 cm³/mol. The molecule has 1 saturated heterocycles. The molecule has 4 rings (SSSR count). The fraction of sp³-hybridized carbons (Fsp3) is 0.269. The number of amides is 1. The Morgan fingerprint density at radius 2 is 1.51 bits per heavy atom. The van der Waals surface area contributed by atoms with E-state index in [2.05, 4.69) is 15.4 Å². The smallest absolute Gasteiger partial charge is 0.267 e. The van der Waals surface area contributed by atoms with E-state index in [1.54, 1.807) is 12.1 Å². The summed E-state index contributed by atoms with van der Waals surface area (Å²) in [6.45, 7) is 0.436. The third-order valence-corrected chi connectivity index (χ3v) is 10.9. The van der Waals surface area contributed by atoms with Crippen molar-refractivity contribution >= 4 is 37.5 Å². The van der Waals surface area contributed by atoms with Gasteiger partial charge in [0.25, 0.3) is 10.1 Å². The Hall–Kier alpha value is -2.70. The first-order chi connectivity index (χ1) is 17.6. The number of hydrogen-bond donors (Lipinski definition) is 3. The maximum Gasteiger partial charge on any atom is 0.267 e. The molecule has 3 aromatic rings. The molecule has 0 saturated carbocycles. The molecule has 1 heterocycles. The van der Waals surface area contributed by atoms with Gasteiger partial charge < -0.3 is 5.32 Å². The molecule has 3 aromatic carbocycles. The van der Waals surface area contributed by atoms with Gasteiger partial charge in [0, 0.05) is 18.8 Å². The molecule has 2 atom stereocenters. The minimum atomic E-state index is -4.14. The first-order valence-corrected chi connectivity index (χ1v) is 16.1. The van der Waals surface area contributed by atoms with Crippen LogP contribution in [0.2, 0.25) is 0 Å². The quantitative estimate of drug-likeness (QED) is 0.349. The summed E-state index contributed by atoms with van der Waals surface area (Å²) in [6.07, 6.45) is 1.31. The summed E-state index contributed by atoms with van der Waals surface area (Å²) >= 11 is 1.04. The summed E-state index contributed by atoms with van der Waals surface area (Å²) in [5.74, 6) is -0.240. The monoisotopic (exact) mass is 559 g/mol. The first-order valence-electron chi connectivity index (χ1n) is 11.7. The van der Waals surface area contributed by atoms with Crippen molar-refractivity contribution in [1.82, 2.24) is 15.4 Å². The van der Waals surface area contributed by atoms with Gasteiger partial charge in [-0.1, -0.05) is 72.8 Å². The Labute approximate surface area is 222 Å². The van der Waals surface area contributed by atoms with E-state index in [0.717, 1.165) is 34.7 Å². The Kier molecular flexibility index (Phi) is 8.39. The highest BCUT2D eigenvalue weighted by Crippen LogP contribution is 2.39. The number of hydrogen-bond acceptors (Lipinski definition) is 7. The highest BCUT2D eigenvalue weighted by molar-refractivity contribution is 8.16. The molecule has 1 aliphatic heterocycles. The molecule has 0 aliphatic carbocycles. The highest BCUT2D eigenvalue weighted by Gasteiger charge is 2.54. The average molecular weight is 560 g/mol. The van der Waals surface area contributed by atoms with Gasteiger partial charge in [-0.25, -0.2) is 21.6 Å². The van der Waals surface area contributed by atoms with E-state index in [1.165, 1.54) is 12.1 Å². The number of sulfone groups is 1. The summed E-state index contributed by atoms with van der Waals surface area (Å²) in [6, 6.07) is 24.6. The topological polar surface area (TPSA) is 121 Å².